The zero-order valence-electron chi connectivity index (χ0n) is 14.9. The topological polar surface area (TPSA) is 98.7 Å². The second-order valence-corrected chi connectivity index (χ2v) is 6.65. The minimum Gasteiger partial charge on any atom is -0.479 e. The Morgan fingerprint density at radius 3 is 2.40 bits per heavy atom. The van der Waals surface area contributed by atoms with Gasteiger partial charge in [-0.25, -0.2) is 4.79 Å². The Labute approximate surface area is 147 Å². The largest absolute Gasteiger partial charge is 0.479 e. The Bertz CT molecular complexity index is 674. The van der Waals surface area contributed by atoms with Crippen molar-refractivity contribution in [2.45, 2.75) is 45.4 Å². The van der Waals surface area contributed by atoms with Crippen molar-refractivity contribution in [2.75, 3.05) is 7.05 Å². The maximum Gasteiger partial charge on any atom is 0.331 e. The van der Waals surface area contributed by atoms with Crippen LogP contribution in [0.15, 0.2) is 24.3 Å². The average Bonchev–Trinajstić information content (AvgIpc) is 2.97. The van der Waals surface area contributed by atoms with Crippen LogP contribution in [-0.4, -0.2) is 46.9 Å². The molecule has 0 unspecified atom stereocenters. The molecule has 0 radical (unpaired) electrons. The fraction of sp³-hybridized carbons (Fsp3) is 0.500. The third-order valence-corrected chi connectivity index (χ3v) is 4.58. The van der Waals surface area contributed by atoms with E-state index in [0.29, 0.717) is 5.56 Å². The molecule has 0 aliphatic carbocycles. The normalized spacial score (nSPS) is 18.6. The van der Waals surface area contributed by atoms with E-state index in [0.717, 1.165) is 5.56 Å². The minimum atomic E-state index is -1.07. The number of hydrogen-bond acceptors (Lipinski definition) is 4. The van der Waals surface area contributed by atoms with E-state index in [-0.39, 0.29) is 24.3 Å². The molecule has 3 N–H and O–H groups in total. The van der Waals surface area contributed by atoms with Gasteiger partial charge >= 0.3 is 5.97 Å². The van der Waals surface area contributed by atoms with Crippen LogP contribution in [0.1, 0.15) is 37.9 Å². The molecule has 3 atom stereocenters. The lowest BCUT2D eigenvalue weighted by Gasteiger charge is -2.30. The van der Waals surface area contributed by atoms with Gasteiger partial charge < -0.3 is 20.6 Å². The van der Waals surface area contributed by atoms with Crippen LogP contribution in [0.5, 0.6) is 0 Å². The minimum absolute atomic E-state index is 0.168. The molecule has 0 fully saturated rings. The Kier molecular flexibility index (Phi) is 5.79. The molecule has 1 heterocycles. The van der Waals surface area contributed by atoms with Gasteiger partial charge in [-0.2, -0.15) is 0 Å². The summed E-state index contributed by atoms with van der Waals surface area (Å²) in [5, 5.41) is 15.2. The van der Waals surface area contributed by atoms with Crippen LogP contribution in [0, 0.1) is 5.92 Å². The number of likely N-dealkylation sites (N-methyl/N-ethyl adjacent to an activating group) is 1. The molecular formula is C18H25N3O4. The number of nitrogens with one attached hydrogen (secondary N) is 2. The van der Waals surface area contributed by atoms with Crippen molar-refractivity contribution < 1.29 is 19.5 Å². The van der Waals surface area contributed by atoms with Crippen LogP contribution < -0.4 is 10.6 Å². The Balaban J connectivity index is 2.27. The maximum absolute atomic E-state index is 13.0. The number of carboxylic acid groups (broad SMARTS) is 1. The lowest BCUT2D eigenvalue weighted by molar-refractivity contribution is -0.152. The van der Waals surface area contributed by atoms with Gasteiger partial charge in [-0.05, 0) is 31.0 Å². The highest BCUT2D eigenvalue weighted by molar-refractivity contribution is 5.93. The molecular weight excluding hydrogens is 322 g/mol. The highest BCUT2D eigenvalue weighted by Crippen LogP contribution is 2.34. The molecule has 1 aliphatic rings. The molecule has 7 heteroatoms. The molecule has 7 nitrogen and oxygen atoms in total. The van der Waals surface area contributed by atoms with Crippen molar-refractivity contribution >= 4 is 17.8 Å². The summed E-state index contributed by atoms with van der Waals surface area (Å²) in [7, 11) is 1.66. The number of amides is 2. The third kappa shape index (κ3) is 3.82. The number of aliphatic carboxylic acids is 1. The van der Waals surface area contributed by atoms with Crippen molar-refractivity contribution in [3.8, 4) is 0 Å². The quantitative estimate of drug-likeness (QED) is 0.710. The average molecular weight is 347 g/mol. The van der Waals surface area contributed by atoms with Gasteiger partial charge in [-0.3, -0.25) is 9.59 Å². The lowest BCUT2D eigenvalue weighted by Crippen LogP contribution is -2.54. The summed E-state index contributed by atoms with van der Waals surface area (Å²) in [6, 6.07) is 4.89. The molecule has 2 amide bonds. The lowest BCUT2D eigenvalue weighted by atomic mass is 10.0. The first-order valence-electron chi connectivity index (χ1n) is 8.36. The Morgan fingerprint density at radius 2 is 1.84 bits per heavy atom. The number of fused-ring (bicyclic) bond motifs is 1. The van der Waals surface area contributed by atoms with E-state index < -0.39 is 24.1 Å². The summed E-state index contributed by atoms with van der Waals surface area (Å²) in [5.74, 6) is -1.91. The number of nitrogens with zero attached hydrogens (tertiary/aromatic N) is 1. The van der Waals surface area contributed by atoms with E-state index >= 15 is 0 Å². The molecule has 2 rings (SSSR count). The van der Waals surface area contributed by atoms with Gasteiger partial charge in [0.05, 0.1) is 6.04 Å². The van der Waals surface area contributed by atoms with Gasteiger partial charge in [0, 0.05) is 6.54 Å². The maximum atomic E-state index is 13.0. The predicted octanol–water partition coefficient (Wildman–Crippen LogP) is 0.903. The molecule has 0 bridgehead atoms. The molecule has 136 valence electrons. The molecule has 1 aliphatic heterocycles. The second kappa shape index (κ2) is 7.65. The Morgan fingerprint density at radius 1 is 1.20 bits per heavy atom. The highest BCUT2D eigenvalue weighted by Gasteiger charge is 2.41. The van der Waals surface area contributed by atoms with Gasteiger partial charge in [0.2, 0.25) is 11.8 Å². The zero-order chi connectivity index (χ0) is 18.7. The number of hydrogen-bond donors (Lipinski definition) is 3. The number of carboxylic acids is 1. The van der Waals surface area contributed by atoms with Crippen molar-refractivity contribution in [2.24, 2.45) is 5.92 Å². The first kappa shape index (κ1) is 18.9. The van der Waals surface area contributed by atoms with Crippen molar-refractivity contribution in [1.82, 2.24) is 15.5 Å². The van der Waals surface area contributed by atoms with Gasteiger partial charge in [-0.15, -0.1) is 0 Å². The van der Waals surface area contributed by atoms with E-state index in [1.165, 1.54) is 4.90 Å². The SMILES string of the molecule is CN[C@@H](C)C(=O)N[C@H](C(=O)N1Cc2ccccc2[C@H]1C(=O)O)C(C)C. The number of benzene rings is 1. The van der Waals surface area contributed by atoms with E-state index in [4.69, 9.17) is 0 Å². The van der Waals surface area contributed by atoms with Crippen LogP contribution in [0.2, 0.25) is 0 Å². The fourth-order valence-electron chi connectivity index (χ4n) is 2.96. The molecule has 0 saturated carbocycles. The molecule has 1 aromatic rings. The van der Waals surface area contributed by atoms with Crippen LogP contribution >= 0.6 is 0 Å². The summed E-state index contributed by atoms with van der Waals surface area (Å²) < 4.78 is 0. The Hall–Kier alpha value is -2.41. The van der Waals surface area contributed by atoms with Crippen LogP contribution in [0.4, 0.5) is 0 Å². The molecule has 1 aromatic carbocycles. The summed E-state index contributed by atoms with van der Waals surface area (Å²) in [4.78, 5) is 38.3. The predicted molar refractivity (Wildman–Crippen MR) is 92.7 cm³/mol. The van der Waals surface area contributed by atoms with Gasteiger partial charge in [-0.1, -0.05) is 38.1 Å². The van der Waals surface area contributed by atoms with Crippen molar-refractivity contribution in [3.05, 3.63) is 35.4 Å². The summed E-state index contributed by atoms with van der Waals surface area (Å²) in [6.07, 6.45) is 0. The summed E-state index contributed by atoms with van der Waals surface area (Å²) in [5.41, 5.74) is 1.45. The number of rotatable bonds is 6. The molecule has 0 spiro atoms. The number of carbonyl (C=O) groups is 3. The van der Waals surface area contributed by atoms with Crippen molar-refractivity contribution in [3.63, 3.8) is 0 Å². The standard InChI is InChI=1S/C18H25N3O4/c1-10(2)14(20-16(22)11(3)19-4)17(23)21-9-12-7-5-6-8-13(12)15(21)18(24)25/h5-8,10-11,14-15,19H,9H2,1-4H3,(H,20,22)(H,24,25)/t11-,14-,15-/m0/s1. The van der Waals surface area contributed by atoms with E-state index in [2.05, 4.69) is 10.6 Å². The molecule has 0 aromatic heterocycles. The van der Waals surface area contributed by atoms with E-state index in [1.54, 1.807) is 26.1 Å². The third-order valence-electron chi connectivity index (χ3n) is 4.58. The number of carbonyl (C=O) groups excluding carboxylic acids is 2. The highest BCUT2D eigenvalue weighted by atomic mass is 16.4. The second-order valence-electron chi connectivity index (χ2n) is 6.65. The summed E-state index contributed by atoms with van der Waals surface area (Å²) in [6.45, 7) is 5.58. The molecule has 25 heavy (non-hydrogen) atoms. The fourth-order valence-corrected chi connectivity index (χ4v) is 2.96. The zero-order valence-corrected chi connectivity index (χ0v) is 14.9. The van der Waals surface area contributed by atoms with E-state index in [9.17, 15) is 19.5 Å². The van der Waals surface area contributed by atoms with Gasteiger partial charge in [0.25, 0.3) is 0 Å². The smallest absolute Gasteiger partial charge is 0.331 e. The first-order valence-corrected chi connectivity index (χ1v) is 8.36. The summed E-state index contributed by atoms with van der Waals surface area (Å²) >= 11 is 0. The first-order chi connectivity index (χ1) is 11.8. The van der Waals surface area contributed by atoms with Crippen LogP contribution in [0.25, 0.3) is 0 Å². The van der Waals surface area contributed by atoms with Crippen LogP contribution in [-0.2, 0) is 20.9 Å². The van der Waals surface area contributed by atoms with Crippen molar-refractivity contribution in [1.29, 1.82) is 0 Å². The van der Waals surface area contributed by atoms with Gasteiger partial charge in [0.1, 0.15) is 6.04 Å². The monoisotopic (exact) mass is 347 g/mol. The van der Waals surface area contributed by atoms with E-state index in [1.807, 2.05) is 26.0 Å². The van der Waals surface area contributed by atoms with Gasteiger partial charge in [0.15, 0.2) is 6.04 Å². The van der Waals surface area contributed by atoms with Crippen LogP contribution in [0.3, 0.4) is 0 Å². The molecule has 0 saturated heterocycles.